The molecular weight excluding hydrogens is 324 g/mol. The molecule has 2 amide bonds. The minimum Gasteiger partial charge on any atom is -0.480 e. The zero-order valence-electron chi connectivity index (χ0n) is 14.2. The van der Waals surface area contributed by atoms with E-state index in [-0.39, 0.29) is 17.7 Å². The van der Waals surface area contributed by atoms with Crippen molar-refractivity contribution in [1.82, 2.24) is 24.9 Å². The number of rotatable bonds is 5. The molecule has 0 bridgehead atoms. The van der Waals surface area contributed by atoms with Crippen molar-refractivity contribution >= 4 is 11.8 Å². The van der Waals surface area contributed by atoms with Crippen LogP contribution < -0.4 is 10.5 Å². The molecule has 0 aromatic carbocycles. The molecule has 0 radical (unpaired) electrons. The first-order valence-electron chi connectivity index (χ1n) is 8.08. The summed E-state index contributed by atoms with van der Waals surface area (Å²) in [6.07, 6.45) is 2.73. The third-order valence-corrected chi connectivity index (χ3v) is 4.36. The van der Waals surface area contributed by atoms with Gasteiger partial charge in [0.2, 0.25) is 11.8 Å². The zero-order valence-corrected chi connectivity index (χ0v) is 14.2. The van der Waals surface area contributed by atoms with Crippen LogP contribution in [-0.4, -0.2) is 56.9 Å². The summed E-state index contributed by atoms with van der Waals surface area (Å²) in [6, 6.07) is 3.41. The molecular formula is C16H20N6O3. The molecule has 1 saturated heterocycles. The van der Waals surface area contributed by atoms with Gasteiger partial charge in [0.1, 0.15) is 0 Å². The van der Waals surface area contributed by atoms with E-state index in [1.54, 1.807) is 21.7 Å². The number of likely N-dealkylation sites (tertiary alicyclic amines) is 1. The highest BCUT2D eigenvalue weighted by Gasteiger charge is 2.32. The van der Waals surface area contributed by atoms with Crippen LogP contribution in [0.15, 0.2) is 18.3 Å². The van der Waals surface area contributed by atoms with Gasteiger partial charge in [0, 0.05) is 19.2 Å². The quantitative estimate of drug-likeness (QED) is 0.827. The van der Waals surface area contributed by atoms with Crippen molar-refractivity contribution in [2.24, 2.45) is 11.7 Å². The zero-order chi connectivity index (χ0) is 18.0. The number of carbonyl (C=O) groups is 2. The number of nitrogens with zero attached hydrogens (tertiary/aromatic N) is 5. The van der Waals surface area contributed by atoms with Gasteiger partial charge in [-0.05, 0) is 18.9 Å². The number of methoxy groups -OCH3 is 1. The summed E-state index contributed by atoms with van der Waals surface area (Å²) in [5.74, 6) is 0.119. The van der Waals surface area contributed by atoms with Crippen LogP contribution in [-0.2, 0) is 11.2 Å². The summed E-state index contributed by atoms with van der Waals surface area (Å²) >= 11 is 0. The van der Waals surface area contributed by atoms with E-state index in [1.807, 2.05) is 6.92 Å². The molecule has 2 aromatic rings. The number of primary amides is 1. The molecule has 1 aliphatic heterocycles. The molecule has 25 heavy (non-hydrogen) atoms. The van der Waals surface area contributed by atoms with Gasteiger partial charge in [0.25, 0.3) is 5.91 Å². The van der Waals surface area contributed by atoms with E-state index in [0.717, 1.165) is 5.69 Å². The number of ether oxygens (including phenoxy) is 1. The second-order valence-electron chi connectivity index (χ2n) is 5.84. The van der Waals surface area contributed by atoms with E-state index < -0.39 is 0 Å². The van der Waals surface area contributed by atoms with E-state index in [0.29, 0.717) is 43.2 Å². The fourth-order valence-corrected chi connectivity index (χ4v) is 2.97. The lowest BCUT2D eigenvalue weighted by atomic mass is 10.1. The molecule has 0 aliphatic carbocycles. The predicted octanol–water partition coefficient (Wildman–Crippen LogP) is 0.181. The van der Waals surface area contributed by atoms with Crippen LogP contribution in [0, 0.1) is 5.92 Å². The highest BCUT2D eigenvalue weighted by atomic mass is 16.5. The van der Waals surface area contributed by atoms with Crippen molar-refractivity contribution in [3.05, 3.63) is 29.6 Å². The lowest BCUT2D eigenvalue weighted by Crippen LogP contribution is -2.32. The van der Waals surface area contributed by atoms with Crippen LogP contribution in [0.3, 0.4) is 0 Å². The maximum atomic E-state index is 12.8. The van der Waals surface area contributed by atoms with E-state index in [2.05, 4.69) is 15.3 Å². The highest BCUT2D eigenvalue weighted by Crippen LogP contribution is 2.22. The largest absolute Gasteiger partial charge is 0.480 e. The molecule has 1 atom stereocenters. The number of aromatic nitrogens is 4. The Kier molecular flexibility index (Phi) is 4.64. The van der Waals surface area contributed by atoms with E-state index >= 15 is 0 Å². The van der Waals surface area contributed by atoms with Crippen LogP contribution in [0.1, 0.15) is 29.4 Å². The lowest BCUT2D eigenvalue weighted by molar-refractivity contribution is -0.121. The Bertz CT molecular complexity index is 786. The predicted molar refractivity (Wildman–Crippen MR) is 88.3 cm³/mol. The number of carbonyl (C=O) groups excluding carboxylic acids is 2. The van der Waals surface area contributed by atoms with Crippen molar-refractivity contribution in [3.8, 4) is 11.7 Å². The van der Waals surface area contributed by atoms with Crippen molar-refractivity contribution in [1.29, 1.82) is 0 Å². The Morgan fingerprint density at radius 3 is 2.72 bits per heavy atom. The Morgan fingerprint density at radius 2 is 2.16 bits per heavy atom. The number of hydrogen-bond acceptors (Lipinski definition) is 6. The third-order valence-electron chi connectivity index (χ3n) is 4.36. The third kappa shape index (κ3) is 3.17. The topological polar surface area (TPSA) is 116 Å². The summed E-state index contributed by atoms with van der Waals surface area (Å²) in [4.78, 5) is 25.8. The van der Waals surface area contributed by atoms with E-state index in [9.17, 15) is 9.59 Å². The lowest BCUT2D eigenvalue weighted by Gasteiger charge is -2.16. The molecule has 132 valence electrons. The first-order valence-corrected chi connectivity index (χ1v) is 8.08. The maximum absolute atomic E-state index is 12.8. The number of amides is 2. The van der Waals surface area contributed by atoms with Crippen molar-refractivity contribution in [2.45, 2.75) is 19.8 Å². The summed E-state index contributed by atoms with van der Waals surface area (Å²) in [7, 11) is 1.52. The first-order chi connectivity index (χ1) is 12.0. The van der Waals surface area contributed by atoms with Crippen LogP contribution in [0.2, 0.25) is 0 Å². The second kappa shape index (κ2) is 6.88. The maximum Gasteiger partial charge on any atom is 0.257 e. The second-order valence-corrected chi connectivity index (χ2v) is 5.84. The van der Waals surface area contributed by atoms with E-state index in [1.165, 1.54) is 13.3 Å². The minimum atomic E-state index is -0.366. The number of hydrogen-bond donors (Lipinski definition) is 1. The molecule has 1 aliphatic rings. The van der Waals surface area contributed by atoms with Gasteiger partial charge >= 0.3 is 0 Å². The Labute approximate surface area is 144 Å². The number of nitrogens with two attached hydrogens (primary N) is 1. The highest BCUT2D eigenvalue weighted by molar-refractivity contribution is 5.96. The molecule has 2 N–H and O–H groups in total. The smallest absolute Gasteiger partial charge is 0.257 e. The van der Waals surface area contributed by atoms with Crippen molar-refractivity contribution < 1.29 is 14.3 Å². The fraction of sp³-hybridized carbons (Fsp3) is 0.438. The van der Waals surface area contributed by atoms with Gasteiger partial charge in [0.15, 0.2) is 5.82 Å². The molecule has 2 aromatic heterocycles. The summed E-state index contributed by atoms with van der Waals surface area (Å²) < 4.78 is 6.60. The molecule has 3 rings (SSSR count). The summed E-state index contributed by atoms with van der Waals surface area (Å²) in [5, 5.41) is 12.3. The molecule has 9 nitrogen and oxygen atoms in total. The van der Waals surface area contributed by atoms with Gasteiger partial charge in [0.05, 0.1) is 30.5 Å². The van der Waals surface area contributed by atoms with Gasteiger partial charge in [-0.2, -0.15) is 5.10 Å². The molecule has 0 spiro atoms. The SMILES string of the molecule is CCc1c(C(=O)N2CC[C@@H](C(N)=O)C2)cnn1-c1ccc(OC)nn1. The minimum absolute atomic E-state index is 0.145. The Morgan fingerprint density at radius 1 is 1.36 bits per heavy atom. The van der Waals surface area contributed by atoms with Crippen molar-refractivity contribution in [2.75, 3.05) is 20.2 Å². The summed E-state index contributed by atoms with van der Waals surface area (Å²) in [5.41, 5.74) is 6.59. The van der Waals surface area contributed by atoms with Crippen LogP contribution in [0.4, 0.5) is 0 Å². The molecule has 0 unspecified atom stereocenters. The average Bonchev–Trinajstić information content (AvgIpc) is 3.28. The monoisotopic (exact) mass is 344 g/mol. The Balaban J connectivity index is 1.86. The fourth-order valence-electron chi connectivity index (χ4n) is 2.97. The van der Waals surface area contributed by atoms with E-state index in [4.69, 9.17) is 10.5 Å². The standard InChI is InChI=1S/C16H20N6O3/c1-3-12-11(16(24)21-7-6-10(9-21)15(17)23)8-18-22(12)13-4-5-14(25-2)20-19-13/h4-5,8,10H,3,6-7,9H2,1-2H3,(H2,17,23)/t10-/m1/s1. The van der Waals surface area contributed by atoms with Crippen LogP contribution in [0.25, 0.3) is 5.82 Å². The van der Waals surface area contributed by atoms with Gasteiger partial charge in [-0.3, -0.25) is 9.59 Å². The normalized spacial score (nSPS) is 16.9. The Hall–Kier alpha value is -2.97. The molecule has 9 heteroatoms. The molecule has 1 fully saturated rings. The van der Waals surface area contributed by atoms with Crippen LogP contribution >= 0.6 is 0 Å². The average molecular weight is 344 g/mol. The molecule has 3 heterocycles. The van der Waals surface area contributed by atoms with Gasteiger partial charge in [-0.15, -0.1) is 10.2 Å². The van der Waals surface area contributed by atoms with Crippen molar-refractivity contribution in [3.63, 3.8) is 0 Å². The van der Waals surface area contributed by atoms with Crippen LogP contribution in [0.5, 0.6) is 5.88 Å². The van der Waals surface area contributed by atoms with Gasteiger partial charge in [-0.1, -0.05) is 6.92 Å². The van der Waals surface area contributed by atoms with Gasteiger partial charge in [-0.25, -0.2) is 4.68 Å². The first kappa shape index (κ1) is 16.9. The summed E-state index contributed by atoms with van der Waals surface area (Å²) in [6.45, 7) is 2.81. The molecule has 0 saturated carbocycles. The van der Waals surface area contributed by atoms with Gasteiger partial charge < -0.3 is 15.4 Å².